The van der Waals surface area contributed by atoms with Crippen LogP contribution in [-0.2, 0) is 4.79 Å². The number of carbonyl (C=O) groups is 5. The molecule has 4 heterocycles. The van der Waals surface area contributed by atoms with Crippen LogP contribution in [0, 0.1) is 27.7 Å². The van der Waals surface area contributed by atoms with E-state index >= 15 is 0 Å². The maximum atomic E-state index is 13.2. The molecule has 0 aromatic carbocycles. The lowest BCUT2D eigenvalue weighted by Crippen LogP contribution is -2.29. The van der Waals surface area contributed by atoms with Crippen molar-refractivity contribution in [2.24, 2.45) is 16.5 Å². The Labute approximate surface area is 282 Å². The summed E-state index contributed by atoms with van der Waals surface area (Å²) in [4.78, 5) is 79.3. The molecule has 4 aromatic heterocycles. The van der Waals surface area contributed by atoms with Crippen LogP contribution in [0.15, 0.2) is 40.8 Å². The standard InChI is InChI=1S/C30H35BrN12O5/c1-12-8-36-24(26(45)34-6-7-35-30(32)33)20(12)43-29(48)23-15(4)19(11-39-23)42-28(47)22-14(3)18(10-38-22)41-27(46)21-13(2)17(9-37-21)40-25(44)16(5)31/h8-11,36-39H,5-7H2,1-4H3,(H,34,45)(H,40,44)(H,41,46)(H,42,47)(H,43,48)(H4,32,33,35). The first-order chi connectivity index (χ1) is 22.7. The number of hydrogen-bond acceptors (Lipinski definition) is 6. The minimum atomic E-state index is -0.536. The summed E-state index contributed by atoms with van der Waals surface area (Å²) >= 11 is 3.01. The number of guanidine groups is 1. The van der Waals surface area contributed by atoms with Gasteiger partial charge in [0.1, 0.15) is 22.8 Å². The van der Waals surface area contributed by atoms with Gasteiger partial charge in [0.15, 0.2) is 5.96 Å². The van der Waals surface area contributed by atoms with Gasteiger partial charge in [0.05, 0.1) is 33.8 Å². The molecule has 4 aromatic rings. The molecule has 17 nitrogen and oxygen atoms in total. The van der Waals surface area contributed by atoms with Gasteiger partial charge in [-0.1, -0.05) is 6.58 Å². The fraction of sp³-hybridized carbons (Fsp3) is 0.200. The summed E-state index contributed by atoms with van der Waals surface area (Å²) in [6.45, 7) is 10.6. The monoisotopic (exact) mass is 722 g/mol. The Kier molecular flexibility index (Phi) is 10.6. The number of amides is 5. The van der Waals surface area contributed by atoms with Gasteiger partial charge >= 0.3 is 0 Å². The van der Waals surface area contributed by atoms with Crippen molar-refractivity contribution in [2.45, 2.75) is 27.7 Å². The topological polar surface area (TPSA) is 273 Å². The number of anilines is 4. The van der Waals surface area contributed by atoms with Crippen LogP contribution in [0.4, 0.5) is 22.7 Å². The van der Waals surface area contributed by atoms with E-state index in [1.165, 1.54) is 18.6 Å². The quantitative estimate of drug-likeness (QED) is 0.0450. The third-order valence-corrected chi connectivity index (χ3v) is 7.69. The molecule has 0 radical (unpaired) electrons. The third kappa shape index (κ3) is 7.66. The van der Waals surface area contributed by atoms with E-state index in [-0.39, 0.29) is 52.0 Å². The Hall–Kier alpha value is -6.04. The van der Waals surface area contributed by atoms with Crippen LogP contribution in [0.2, 0.25) is 0 Å². The number of halogens is 1. The van der Waals surface area contributed by atoms with E-state index < -0.39 is 29.5 Å². The summed E-state index contributed by atoms with van der Waals surface area (Å²) in [5, 5.41) is 13.6. The molecule has 0 bridgehead atoms. The summed E-state index contributed by atoms with van der Waals surface area (Å²) in [6, 6.07) is 0. The van der Waals surface area contributed by atoms with Gasteiger partial charge in [-0.3, -0.25) is 29.0 Å². The van der Waals surface area contributed by atoms with Crippen LogP contribution in [0.3, 0.4) is 0 Å². The van der Waals surface area contributed by atoms with Gasteiger partial charge < -0.3 is 58.0 Å². The summed E-state index contributed by atoms with van der Waals surface area (Å²) in [7, 11) is 0. The van der Waals surface area contributed by atoms with Crippen LogP contribution >= 0.6 is 15.9 Å². The molecule has 0 unspecified atom stereocenters. The average molecular weight is 724 g/mol. The summed E-state index contributed by atoms with van der Waals surface area (Å²) in [6.07, 6.45) is 6.03. The number of aliphatic imine (C=N–C) groups is 1. The highest BCUT2D eigenvalue weighted by atomic mass is 79.9. The summed E-state index contributed by atoms with van der Waals surface area (Å²) < 4.78 is 0.137. The highest BCUT2D eigenvalue weighted by Gasteiger charge is 2.23. The summed E-state index contributed by atoms with van der Waals surface area (Å²) in [5.41, 5.74) is 14.8. The predicted molar refractivity (Wildman–Crippen MR) is 186 cm³/mol. The van der Waals surface area contributed by atoms with Crippen molar-refractivity contribution < 1.29 is 24.0 Å². The number of aryl methyl sites for hydroxylation is 1. The lowest BCUT2D eigenvalue weighted by molar-refractivity contribution is -0.112. The van der Waals surface area contributed by atoms with Gasteiger partial charge in [0.25, 0.3) is 29.5 Å². The SMILES string of the molecule is C=C(Br)C(=O)Nc1c[nH]c(C(=O)Nc2c[nH]c(C(=O)Nc3c[nH]c(C(=O)Nc4c(C)c[nH]c4C(=O)NCCN=C(N)N)c3C)c2C)c1C. The summed E-state index contributed by atoms with van der Waals surface area (Å²) in [5.74, 6) is -2.54. The van der Waals surface area contributed by atoms with E-state index in [4.69, 9.17) is 11.5 Å². The van der Waals surface area contributed by atoms with Gasteiger partial charge in [0, 0.05) is 48.0 Å². The molecule has 5 amide bonds. The zero-order valence-corrected chi connectivity index (χ0v) is 28.0. The number of hydrogen-bond donors (Lipinski definition) is 11. The Morgan fingerprint density at radius 3 is 1.58 bits per heavy atom. The van der Waals surface area contributed by atoms with E-state index in [1.54, 1.807) is 33.9 Å². The number of aromatic amines is 4. The zero-order valence-electron chi connectivity index (χ0n) is 26.5. The van der Waals surface area contributed by atoms with Crippen molar-refractivity contribution in [3.8, 4) is 0 Å². The smallest absolute Gasteiger partial charge is 0.272 e. The number of aromatic nitrogens is 4. The molecule has 0 spiro atoms. The van der Waals surface area contributed by atoms with Crippen molar-refractivity contribution in [1.29, 1.82) is 0 Å². The molecule has 0 aliphatic heterocycles. The molecule has 4 rings (SSSR count). The van der Waals surface area contributed by atoms with E-state index in [2.05, 4.69) is 74.0 Å². The average Bonchev–Trinajstić information content (AvgIpc) is 3.78. The maximum Gasteiger partial charge on any atom is 0.272 e. The highest BCUT2D eigenvalue weighted by Crippen LogP contribution is 2.26. The molecule has 0 saturated heterocycles. The lowest BCUT2D eigenvalue weighted by atomic mass is 10.2. The Balaban J connectivity index is 1.41. The van der Waals surface area contributed by atoms with Crippen LogP contribution in [0.25, 0.3) is 0 Å². The molecule has 0 atom stereocenters. The van der Waals surface area contributed by atoms with Gasteiger partial charge in [-0.05, 0) is 49.2 Å². The number of nitrogens with two attached hydrogens (primary N) is 2. The molecule has 0 aliphatic rings. The van der Waals surface area contributed by atoms with Crippen LogP contribution in [0.1, 0.15) is 64.2 Å². The Morgan fingerprint density at radius 1 is 0.688 bits per heavy atom. The molecule has 13 N–H and O–H groups in total. The largest absolute Gasteiger partial charge is 0.370 e. The second-order valence-corrected chi connectivity index (χ2v) is 11.6. The molecule has 0 saturated carbocycles. The number of nitrogens with zero attached hydrogens (tertiary/aromatic N) is 1. The number of carbonyl (C=O) groups excluding carboxylic acids is 5. The molecular formula is C30H35BrN12O5. The fourth-order valence-electron chi connectivity index (χ4n) is 4.62. The number of nitrogens with one attached hydrogen (secondary N) is 9. The van der Waals surface area contributed by atoms with E-state index in [1.807, 2.05) is 0 Å². The van der Waals surface area contributed by atoms with Crippen molar-refractivity contribution in [3.63, 3.8) is 0 Å². The van der Waals surface area contributed by atoms with Gasteiger partial charge in [-0.2, -0.15) is 0 Å². The first-order valence-electron chi connectivity index (χ1n) is 14.3. The van der Waals surface area contributed by atoms with Crippen LogP contribution in [0.5, 0.6) is 0 Å². The zero-order chi connectivity index (χ0) is 35.3. The van der Waals surface area contributed by atoms with Gasteiger partial charge in [0.2, 0.25) is 0 Å². The second kappa shape index (κ2) is 14.6. The lowest BCUT2D eigenvalue weighted by Gasteiger charge is -2.09. The maximum absolute atomic E-state index is 13.2. The Morgan fingerprint density at radius 2 is 1.12 bits per heavy atom. The first kappa shape index (κ1) is 34.8. The highest BCUT2D eigenvalue weighted by molar-refractivity contribution is 9.12. The van der Waals surface area contributed by atoms with E-state index in [0.29, 0.717) is 39.3 Å². The minimum Gasteiger partial charge on any atom is -0.370 e. The normalized spacial score (nSPS) is 10.6. The molecule has 48 heavy (non-hydrogen) atoms. The fourth-order valence-corrected chi connectivity index (χ4v) is 4.72. The van der Waals surface area contributed by atoms with E-state index in [9.17, 15) is 24.0 Å². The minimum absolute atomic E-state index is 0.0912. The molecule has 18 heteroatoms. The molecule has 252 valence electrons. The van der Waals surface area contributed by atoms with Crippen molar-refractivity contribution in [2.75, 3.05) is 34.4 Å². The molecular weight excluding hydrogens is 688 g/mol. The molecule has 0 fully saturated rings. The molecule has 0 aliphatic carbocycles. The van der Waals surface area contributed by atoms with Crippen molar-refractivity contribution in [1.82, 2.24) is 25.3 Å². The Bertz CT molecular complexity index is 1960. The van der Waals surface area contributed by atoms with Crippen molar-refractivity contribution >= 4 is 74.2 Å². The number of H-pyrrole nitrogens is 4. The van der Waals surface area contributed by atoms with E-state index in [0.717, 1.165) is 0 Å². The van der Waals surface area contributed by atoms with Crippen molar-refractivity contribution in [3.05, 3.63) is 80.9 Å². The predicted octanol–water partition coefficient (Wildman–Crippen LogP) is 2.84. The second-order valence-electron chi connectivity index (χ2n) is 10.6. The van der Waals surface area contributed by atoms with Gasteiger partial charge in [-0.25, -0.2) is 0 Å². The van der Waals surface area contributed by atoms with Crippen LogP contribution < -0.4 is 38.1 Å². The first-order valence-corrected chi connectivity index (χ1v) is 15.1. The van der Waals surface area contributed by atoms with Gasteiger partial charge in [-0.15, -0.1) is 0 Å². The van der Waals surface area contributed by atoms with Crippen LogP contribution in [-0.4, -0.2) is 68.5 Å². The number of rotatable bonds is 12. The third-order valence-electron chi connectivity index (χ3n) is 7.33.